The van der Waals surface area contributed by atoms with Crippen molar-refractivity contribution >= 4 is 6.21 Å². The Hall–Kier alpha value is -0.910. The third-order valence-electron chi connectivity index (χ3n) is 2.27. The van der Waals surface area contributed by atoms with Gasteiger partial charge in [0.1, 0.15) is 6.17 Å². The molecule has 2 heterocycles. The molecule has 0 radical (unpaired) electrons. The third-order valence-corrected chi connectivity index (χ3v) is 2.27. The summed E-state index contributed by atoms with van der Waals surface area (Å²) in [5.41, 5.74) is 0. The van der Waals surface area contributed by atoms with Crippen molar-refractivity contribution < 1.29 is 4.74 Å². The first-order valence-corrected chi connectivity index (χ1v) is 4.43. The van der Waals surface area contributed by atoms with Gasteiger partial charge in [-0.05, 0) is 0 Å². The highest BCUT2D eigenvalue weighted by Crippen LogP contribution is 2.07. The average Bonchev–Trinajstić information content (AvgIpc) is 2.20. The monoisotopic (exact) mass is 182 g/mol. The second kappa shape index (κ2) is 3.87. The van der Waals surface area contributed by atoms with E-state index in [0.29, 0.717) is 0 Å². The van der Waals surface area contributed by atoms with Crippen molar-refractivity contribution in [2.24, 2.45) is 10.8 Å². The van der Waals surface area contributed by atoms with Gasteiger partial charge >= 0.3 is 0 Å². The van der Waals surface area contributed by atoms with Crippen LogP contribution in [0.4, 0.5) is 0 Å². The average molecular weight is 182 g/mol. The van der Waals surface area contributed by atoms with Crippen LogP contribution in [0, 0.1) is 0 Å². The van der Waals surface area contributed by atoms with Crippen LogP contribution in [0.2, 0.25) is 0 Å². The molecule has 2 N–H and O–H groups in total. The fourth-order valence-corrected chi connectivity index (χ4v) is 1.53. The number of nitrogens with zero attached hydrogens (tertiary/aromatic N) is 3. The summed E-state index contributed by atoms with van der Waals surface area (Å²) in [5.74, 6) is 5.78. The molecule has 2 aliphatic rings. The first kappa shape index (κ1) is 8.68. The zero-order valence-electron chi connectivity index (χ0n) is 7.47. The molecule has 0 aromatic heterocycles. The lowest BCUT2D eigenvalue weighted by Crippen LogP contribution is -2.54. The number of rotatable bonds is 1. The summed E-state index contributed by atoms with van der Waals surface area (Å²) in [4.78, 5) is 6.32. The highest BCUT2D eigenvalue weighted by molar-refractivity contribution is 5.65. The molecule has 0 unspecified atom stereocenters. The molecule has 0 aromatic carbocycles. The van der Waals surface area contributed by atoms with Gasteiger partial charge in [0.05, 0.1) is 13.2 Å². The van der Waals surface area contributed by atoms with E-state index >= 15 is 0 Å². The van der Waals surface area contributed by atoms with Crippen molar-refractivity contribution in [3.8, 4) is 0 Å². The van der Waals surface area contributed by atoms with Crippen molar-refractivity contribution in [3.63, 3.8) is 0 Å². The lowest BCUT2D eigenvalue weighted by atomic mass is 10.3. The van der Waals surface area contributed by atoms with Crippen molar-refractivity contribution in [2.75, 3.05) is 26.3 Å². The molecule has 0 bridgehead atoms. The molecule has 0 aromatic rings. The van der Waals surface area contributed by atoms with E-state index in [4.69, 9.17) is 10.6 Å². The summed E-state index contributed by atoms with van der Waals surface area (Å²) in [7, 11) is 0. The number of morpholine rings is 1. The Bertz CT molecular complexity index is 222. The topological polar surface area (TPSA) is 54.1 Å². The fourth-order valence-electron chi connectivity index (χ4n) is 1.53. The molecule has 13 heavy (non-hydrogen) atoms. The molecular formula is C8H14N4O. The van der Waals surface area contributed by atoms with Crippen molar-refractivity contribution in [1.29, 1.82) is 0 Å². The largest absolute Gasteiger partial charge is 0.379 e. The van der Waals surface area contributed by atoms with E-state index in [1.54, 1.807) is 17.4 Å². The van der Waals surface area contributed by atoms with Crippen molar-refractivity contribution in [3.05, 3.63) is 12.4 Å². The summed E-state index contributed by atoms with van der Waals surface area (Å²) in [6, 6.07) is 0. The number of hydrogen-bond acceptors (Lipinski definition) is 5. The summed E-state index contributed by atoms with van der Waals surface area (Å²) in [6.45, 7) is 3.39. The lowest BCUT2D eigenvalue weighted by molar-refractivity contribution is 0.00225. The molecule has 0 aliphatic carbocycles. The first-order chi connectivity index (χ1) is 6.38. The second-order valence-electron chi connectivity index (χ2n) is 3.11. The van der Waals surface area contributed by atoms with Crippen LogP contribution >= 0.6 is 0 Å². The van der Waals surface area contributed by atoms with E-state index in [0.717, 1.165) is 26.3 Å². The number of ether oxygens (including phenoxy) is 1. The second-order valence-corrected chi connectivity index (χ2v) is 3.11. The van der Waals surface area contributed by atoms with Crippen LogP contribution in [-0.2, 0) is 4.74 Å². The lowest BCUT2D eigenvalue weighted by Gasteiger charge is -2.37. The molecule has 1 saturated heterocycles. The minimum atomic E-state index is 0.0916. The van der Waals surface area contributed by atoms with Gasteiger partial charge in [-0.2, -0.15) is 0 Å². The molecule has 2 aliphatic heterocycles. The Kier molecular flexibility index (Phi) is 2.58. The Labute approximate surface area is 77.4 Å². The predicted octanol–water partition coefficient (Wildman–Crippen LogP) is -0.624. The van der Waals surface area contributed by atoms with Crippen LogP contribution in [-0.4, -0.2) is 48.6 Å². The molecule has 1 atom stereocenters. The Balaban J connectivity index is 1.98. The quantitative estimate of drug-likeness (QED) is 0.549. The van der Waals surface area contributed by atoms with E-state index in [1.165, 1.54) is 0 Å². The van der Waals surface area contributed by atoms with E-state index in [1.807, 2.05) is 6.21 Å². The van der Waals surface area contributed by atoms with Gasteiger partial charge in [-0.3, -0.25) is 14.9 Å². The molecule has 0 amide bonds. The predicted molar refractivity (Wildman–Crippen MR) is 49.8 cm³/mol. The number of aliphatic imine (C=N–C) groups is 1. The molecule has 0 spiro atoms. The highest BCUT2D eigenvalue weighted by Gasteiger charge is 2.22. The summed E-state index contributed by atoms with van der Waals surface area (Å²) < 4.78 is 5.26. The normalized spacial score (nSPS) is 29.6. The molecule has 0 saturated carbocycles. The number of nitrogens with two attached hydrogens (primary N) is 1. The molecule has 72 valence electrons. The van der Waals surface area contributed by atoms with Gasteiger partial charge in [-0.25, -0.2) is 5.84 Å². The van der Waals surface area contributed by atoms with Crippen LogP contribution in [0.1, 0.15) is 0 Å². The van der Waals surface area contributed by atoms with Gasteiger partial charge in [0, 0.05) is 31.7 Å². The van der Waals surface area contributed by atoms with Gasteiger partial charge in [-0.15, -0.1) is 0 Å². The van der Waals surface area contributed by atoms with E-state index in [-0.39, 0.29) is 6.17 Å². The third kappa shape index (κ3) is 1.88. The van der Waals surface area contributed by atoms with E-state index in [2.05, 4.69) is 9.89 Å². The maximum atomic E-state index is 5.78. The van der Waals surface area contributed by atoms with Crippen LogP contribution in [0.15, 0.2) is 17.4 Å². The van der Waals surface area contributed by atoms with E-state index < -0.39 is 0 Å². The first-order valence-electron chi connectivity index (χ1n) is 4.43. The maximum Gasteiger partial charge on any atom is 0.133 e. The van der Waals surface area contributed by atoms with E-state index in [9.17, 15) is 0 Å². The molecule has 5 nitrogen and oxygen atoms in total. The van der Waals surface area contributed by atoms with Crippen molar-refractivity contribution in [1.82, 2.24) is 9.91 Å². The summed E-state index contributed by atoms with van der Waals surface area (Å²) >= 11 is 0. The van der Waals surface area contributed by atoms with Gasteiger partial charge in [0.2, 0.25) is 0 Å². The summed E-state index contributed by atoms with van der Waals surface area (Å²) in [5, 5.41) is 1.66. The van der Waals surface area contributed by atoms with Gasteiger partial charge in [0.15, 0.2) is 0 Å². The smallest absolute Gasteiger partial charge is 0.133 e. The van der Waals surface area contributed by atoms with Crippen LogP contribution in [0.25, 0.3) is 0 Å². The zero-order valence-corrected chi connectivity index (χ0v) is 7.47. The Morgan fingerprint density at radius 2 is 2.15 bits per heavy atom. The minimum absolute atomic E-state index is 0.0916. The highest BCUT2D eigenvalue weighted by atomic mass is 16.5. The fraction of sp³-hybridized carbons (Fsp3) is 0.625. The van der Waals surface area contributed by atoms with Gasteiger partial charge in [0.25, 0.3) is 0 Å². The Morgan fingerprint density at radius 1 is 1.38 bits per heavy atom. The maximum absolute atomic E-state index is 5.78. The standard InChI is InChI=1S/C8H14N4O/c9-12-2-1-10-7-8(12)11-3-5-13-6-4-11/h1-2,7-8H,3-6,9H2/t8-/m1/s1. The molecule has 5 heteroatoms. The Morgan fingerprint density at radius 3 is 2.85 bits per heavy atom. The number of hydrogen-bond donors (Lipinski definition) is 1. The number of hydrazine groups is 1. The van der Waals surface area contributed by atoms with Crippen molar-refractivity contribution in [2.45, 2.75) is 6.17 Å². The van der Waals surface area contributed by atoms with Crippen LogP contribution in [0.5, 0.6) is 0 Å². The van der Waals surface area contributed by atoms with Crippen LogP contribution < -0.4 is 5.84 Å². The minimum Gasteiger partial charge on any atom is -0.379 e. The zero-order chi connectivity index (χ0) is 9.10. The SMILES string of the molecule is NN1C=CN=C[C@@H]1N1CCOCC1. The van der Waals surface area contributed by atoms with Gasteiger partial charge < -0.3 is 4.74 Å². The van der Waals surface area contributed by atoms with Gasteiger partial charge in [-0.1, -0.05) is 0 Å². The molecular weight excluding hydrogens is 168 g/mol. The molecule has 1 fully saturated rings. The molecule has 2 rings (SSSR count). The van der Waals surface area contributed by atoms with Crippen LogP contribution in [0.3, 0.4) is 0 Å². The summed E-state index contributed by atoms with van der Waals surface area (Å²) in [6.07, 6.45) is 5.41.